The maximum atomic E-state index is 4.66. The Hall–Kier alpha value is -1.15. The number of rotatable bonds is 7. The first-order valence-electron chi connectivity index (χ1n) is 7.85. The molecule has 2 N–H and O–H groups in total. The van der Waals surface area contributed by atoms with Crippen LogP contribution in [0.5, 0.6) is 0 Å². The molecule has 0 amide bonds. The van der Waals surface area contributed by atoms with Crippen molar-refractivity contribution in [2.75, 3.05) is 13.1 Å². The van der Waals surface area contributed by atoms with E-state index < -0.39 is 0 Å². The van der Waals surface area contributed by atoms with E-state index in [0.29, 0.717) is 6.54 Å². The van der Waals surface area contributed by atoms with Crippen molar-refractivity contribution in [1.29, 1.82) is 0 Å². The lowest BCUT2D eigenvalue weighted by molar-refractivity contribution is 0.730. The molecule has 0 radical (unpaired) electrons. The van der Waals surface area contributed by atoms with E-state index in [4.69, 9.17) is 0 Å². The summed E-state index contributed by atoms with van der Waals surface area (Å²) in [4.78, 5) is 9.27. The molecule has 2 rings (SSSR count). The first-order valence-corrected chi connectivity index (χ1v) is 8.73. The maximum Gasteiger partial charge on any atom is 0.191 e. The van der Waals surface area contributed by atoms with Gasteiger partial charge in [0, 0.05) is 24.0 Å². The summed E-state index contributed by atoms with van der Waals surface area (Å²) in [6, 6.07) is 10.3. The minimum absolute atomic E-state index is 0. The summed E-state index contributed by atoms with van der Waals surface area (Å²) in [6.07, 6.45) is 2.33. The average molecular weight is 444 g/mol. The molecule has 0 fully saturated rings. The van der Waals surface area contributed by atoms with Crippen molar-refractivity contribution >= 4 is 41.3 Å². The second-order valence-electron chi connectivity index (χ2n) is 4.97. The Balaban J connectivity index is 0.00000264. The SMILES string of the molecule is CCCCNC(=NCc1nc(-c2ccccc2)cs1)NCC.I. The minimum Gasteiger partial charge on any atom is -0.357 e. The molecule has 1 aromatic heterocycles. The van der Waals surface area contributed by atoms with Gasteiger partial charge in [0.15, 0.2) is 5.96 Å². The Morgan fingerprint density at radius 2 is 1.96 bits per heavy atom. The van der Waals surface area contributed by atoms with Crippen LogP contribution >= 0.6 is 35.3 Å². The molecule has 4 nitrogen and oxygen atoms in total. The second-order valence-corrected chi connectivity index (χ2v) is 5.91. The highest BCUT2D eigenvalue weighted by Crippen LogP contribution is 2.21. The number of halogens is 1. The normalized spacial score (nSPS) is 11.0. The Bertz CT molecular complexity index is 583. The lowest BCUT2D eigenvalue weighted by Gasteiger charge is -2.10. The van der Waals surface area contributed by atoms with Gasteiger partial charge in [0.1, 0.15) is 5.01 Å². The molecular weight excluding hydrogens is 419 g/mol. The Morgan fingerprint density at radius 1 is 1.17 bits per heavy atom. The molecule has 0 saturated carbocycles. The van der Waals surface area contributed by atoms with E-state index in [0.717, 1.165) is 41.7 Å². The first-order chi connectivity index (χ1) is 10.8. The molecule has 23 heavy (non-hydrogen) atoms. The van der Waals surface area contributed by atoms with E-state index in [1.165, 1.54) is 6.42 Å². The van der Waals surface area contributed by atoms with Crippen molar-refractivity contribution in [2.45, 2.75) is 33.2 Å². The fourth-order valence-corrected chi connectivity index (χ4v) is 2.72. The van der Waals surface area contributed by atoms with Gasteiger partial charge in [-0.25, -0.2) is 9.98 Å². The summed E-state index contributed by atoms with van der Waals surface area (Å²) in [7, 11) is 0. The molecule has 1 heterocycles. The standard InChI is InChI=1S/C17H24N4S.HI/c1-3-5-11-19-17(18-4-2)20-12-16-21-15(13-22-16)14-9-7-6-8-10-14;/h6-10,13H,3-5,11-12H2,1-2H3,(H2,18,19,20);1H. The van der Waals surface area contributed by atoms with Crippen molar-refractivity contribution in [3.8, 4) is 11.3 Å². The topological polar surface area (TPSA) is 49.3 Å². The van der Waals surface area contributed by atoms with Crippen LogP contribution in [0.15, 0.2) is 40.7 Å². The molecule has 0 saturated heterocycles. The van der Waals surface area contributed by atoms with Gasteiger partial charge in [0.25, 0.3) is 0 Å². The van der Waals surface area contributed by atoms with E-state index in [9.17, 15) is 0 Å². The summed E-state index contributed by atoms with van der Waals surface area (Å²) in [5, 5.41) is 9.74. The van der Waals surface area contributed by atoms with Gasteiger partial charge < -0.3 is 10.6 Å². The molecule has 2 aromatic rings. The van der Waals surface area contributed by atoms with Crippen LogP contribution in [0.25, 0.3) is 11.3 Å². The molecule has 0 bridgehead atoms. The number of aliphatic imine (C=N–C) groups is 1. The highest BCUT2D eigenvalue weighted by Gasteiger charge is 2.04. The third-order valence-electron chi connectivity index (χ3n) is 3.16. The molecule has 0 aliphatic rings. The van der Waals surface area contributed by atoms with Crippen LogP contribution in [-0.2, 0) is 6.54 Å². The maximum absolute atomic E-state index is 4.66. The fourth-order valence-electron chi connectivity index (χ4n) is 2.00. The molecule has 0 atom stereocenters. The van der Waals surface area contributed by atoms with Crippen molar-refractivity contribution in [2.24, 2.45) is 4.99 Å². The number of unbranched alkanes of at least 4 members (excludes halogenated alkanes) is 1. The van der Waals surface area contributed by atoms with E-state index in [1.807, 2.05) is 18.2 Å². The van der Waals surface area contributed by atoms with Crippen LogP contribution in [0.1, 0.15) is 31.7 Å². The highest BCUT2D eigenvalue weighted by atomic mass is 127. The predicted molar refractivity (Wildman–Crippen MR) is 111 cm³/mol. The average Bonchev–Trinajstić information content (AvgIpc) is 3.03. The monoisotopic (exact) mass is 444 g/mol. The lowest BCUT2D eigenvalue weighted by atomic mass is 10.2. The number of hydrogen-bond acceptors (Lipinski definition) is 3. The molecule has 0 unspecified atom stereocenters. The van der Waals surface area contributed by atoms with Crippen molar-refractivity contribution in [1.82, 2.24) is 15.6 Å². The molecule has 6 heteroatoms. The molecule has 0 aliphatic heterocycles. The largest absolute Gasteiger partial charge is 0.357 e. The van der Waals surface area contributed by atoms with Crippen LogP contribution in [0, 0.1) is 0 Å². The van der Waals surface area contributed by atoms with Crippen LogP contribution in [0.4, 0.5) is 0 Å². The van der Waals surface area contributed by atoms with Crippen LogP contribution < -0.4 is 10.6 Å². The third kappa shape index (κ3) is 6.87. The fraction of sp³-hybridized carbons (Fsp3) is 0.412. The Kier molecular flexibility index (Phi) is 9.86. The van der Waals surface area contributed by atoms with Crippen molar-refractivity contribution < 1.29 is 0 Å². The van der Waals surface area contributed by atoms with Gasteiger partial charge in [0.05, 0.1) is 12.2 Å². The van der Waals surface area contributed by atoms with Gasteiger partial charge in [-0.05, 0) is 13.3 Å². The van der Waals surface area contributed by atoms with Crippen molar-refractivity contribution in [3.63, 3.8) is 0 Å². The summed E-state index contributed by atoms with van der Waals surface area (Å²) in [6.45, 7) is 6.69. The number of hydrogen-bond donors (Lipinski definition) is 2. The van der Waals surface area contributed by atoms with Gasteiger partial charge in [-0.1, -0.05) is 43.7 Å². The van der Waals surface area contributed by atoms with Crippen LogP contribution in [0.2, 0.25) is 0 Å². The second kappa shape index (κ2) is 11.4. The van der Waals surface area contributed by atoms with Crippen LogP contribution in [-0.4, -0.2) is 24.0 Å². The third-order valence-corrected chi connectivity index (χ3v) is 3.99. The zero-order valence-corrected chi connectivity index (χ0v) is 16.9. The van der Waals surface area contributed by atoms with Gasteiger partial charge in [0.2, 0.25) is 0 Å². The molecule has 1 aromatic carbocycles. The van der Waals surface area contributed by atoms with E-state index in [-0.39, 0.29) is 24.0 Å². The molecule has 0 spiro atoms. The molecular formula is C17H25IN4S. The number of aromatic nitrogens is 1. The minimum atomic E-state index is 0. The number of nitrogens with one attached hydrogen (secondary N) is 2. The Morgan fingerprint density at radius 3 is 2.65 bits per heavy atom. The van der Waals surface area contributed by atoms with Crippen molar-refractivity contribution in [3.05, 3.63) is 40.7 Å². The summed E-state index contributed by atoms with van der Waals surface area (Å²) in [5.41, 5.74) is 2.18. The zero-order valence-electron chi connectivity index (χ0n) is 13.7. The smallest absolute Gasteiger partial charge is 0.191 e. The van der Waals surface area contributed by atoms with Gasteiger partial charge in [-0.2, -0.15) is 0 Å². The number of thiazole rings is 1. The quantitative estimate of drug-likeness (QED) is 0.290. The lowest BCUT2D eigenvalue weighted by Crippen LogP contribution is -2.37. The summed E-state index contributed by atoms with van der Waals surface area (Å²) >= 11 is 1.66. The predicted octanol–water partition coefficient (Wildman–Crippen LogP) is 4.28. The molecule has 126 valence electrons. The first kappa shape index (κ1) is 19.9. The van der Waals surface area contributed by atoms with Gasteiger partial charge >= 0.3 is 0 Å². The van der Waals surface area contributed by atoms with Gasteiger partial charge in [-0.15, -0.1) is 35.3 Å². The van der Waals surface area contributed by atoms with Crippen LogP contribution in [0.3, 0.4) is 0 Å². The summed E-state index contributed by atoms with van der Waals surface area (Å²) < 4.78 is 0. The number of guanidine groups is 1. The van der Waals surface area contributed by atoms with Gasteiger partial charge in [-0.3, -0.25) is 0 Å². The highest BCUT2D eigenvalue weighted by molar-refractivity contribution is 14.0. The zero-order chi connectivity index (χ0) is 15.6. The number of benzene rings is 1. The molecule has 0 aliphatic carbocycles. The van der Waals surface area contributed by atoms with E-state index in [1.54, 1.807) is 11.3 Å². The van der Waals surface area contributed by atoms with E-state index >= 15 is 0 Å². The van der Waals surface area contributed by atoms with E-state index in [2.05, 4.69) is 52.0 Å². The summed E-state index contributed by atoms with van der Waals surface area (Å²) in [5.74, 6) is 0.868. The Labute approximate surface area is 159 Å². The number of nitrogens with zero attached hydrogens (tertiary/aromatic N) is 2.